The maximum Gasteiger partial charge on any atom is 0.416 e. The zero-order valence-electron chi connectivity index (χ0n) is 18.9. The van der Waals surface area contributed by atoms with E-state index < -0.39 is 35.6 Å². The van der Waals surface area contributed by atoms with E-state index >= 15 is 0 Å². The number of carbonyl (C=O) groups is 2. The van der Waals surface area contributed by atoms with Gasteiger partial charge in [-0.2, -0.15) is 13.2 Å². The lowest BCUT2D eigenvalue weighted by Crippen LogP contribution is -2.51. The lowest BCUT2D eigenvalue weighted by atomic mass is 9.85. The van der Waals surface area contributed by atoms with Crippen LogP contribution in [-0.4, -0.2) is 37.0 Å². The van der Waals surface area contributed by atoms with Crippen LogP contribution in [0.4, 0.5) is 18.9 Å². The molecule has 2 atom stereocenters. The number of alkyl halides is 3. The van der Waals surface area contributed by atoms with Crippen LogP contribution in [0.3, 0.4) is 0 Å². The first kappa shape index (κ1) is 27.1. The van der Waals surface area contributed by atoms with Gasteiger partial charge in [0.05, 0.1) is 11.6 Å². The van der Waals surface area contributed by atoms with Gasteiger partial charge in [-0.25, -0.2) is 0 Å². The van der Waals surface area contributed by atoms with Crippen LogP contribution in [0.25, 0.3) is 0 Å². The molecule has 0 aromatic heterocycles. The van der Waals surface area contributed by atoms with Crippen molar-refractivity contribution < 1.29 is 22.8 Å². The van der Waals surface area contributed by atoms with E-state index in [2.05, 4.69) is 10.6 Å². The van der Waals surface area contributed by atoms with E-state index in [1.807, 2.05) is 0 Å². The van der Waals surface area contributed by atoms with E-state index in [0.29, 0.717) is 25.4 Å². The molecule has 0 heterocycles. The zero-order chi connectivity index (χ0) is 24.4. The maximum atomic E-state index is 13.0. The van der Waals surface area contributed by atoms with Gasteiger partial charge < -0.3 is 27.8 Å². The van der Waals surface area contributed by atoms with Gasteiger partial charge in [0.15, 0.2) is 0 Å². The fourth-order valence-corrected chi connectivity index (χ4v) is 4.18. The summed E-state index contributed by atoms with van der Waals surface area (Å²) in [5.74, 6) is -0.730. The topological polar surface area (TPSA) is 136 Å². The second-order valence-electron chi connectivity index (χ2n) is 8.89. The Morgan fingerprint density at radius 3 is 2.33 bits per heavy atom. The molecule has 1 aliphatic carbocycles. The predicted molar refractivity (Wildman–Crippen MR) is 122 cm³/mol. The first-order valence-electron chi connectivity index (χ1n) is 11.6. The van der Waals surface area contributed by atoms with E-state index in [4.69, 9.17) is 17.2 Å². The van der Waals surface area contributed by atoms with Crippen LogP contribution < -0.4 is 27.8 Å². The standard InChI is InChI=1S/C23H36F3N5O2/c24-23(25,26)17-7-4-8-18(12-17)30-22(33)20(10-9-15-5-2-1-3-6-15)31-21(32)19(29)11-16(13-27)14-28/h4,7-8,12,15-16,19-20H,1-3,5-6,9-11,13-14,27-29H2,(H,30,33)(H,31,32)/t19-,20-/m0/s1. The number of hydrogen-bond donors (Lipinski definition) is 5. The first-order chi connectivity index (χ1) is 15.6. The minimum atomic E-state index is -4.52. The lowest BCUT2D eigenvalue weighted by molar-refractivity contribution is -0.137. The Kier molecular flexibility index (Phi) is 10.6. The second-order valence-corrected chi connectivity index (χ2v) is 8.89. The molecular formula is C23H36F3N5O2. The van der Waals surface area contributed by atoms with Crippen molar-refractivity contribution in [2.75, 3.05) is 18.4 Å². The third-order valence-corrected chi connectivity index (χ3v) is 6.27. The van der Waals surface area contributed by atoms with Crippen LogP contribution in [0.2, 0.25) is 0 Å². The van der Waals surface area contributed by atoms with Gasteiger partial charge in [0.2, 0.25) is 11.8 Å². The Bertz CT molecular complexity index is 765. The molecule has 1 aromatic rings. The van der Waals surface area contributed by atoms with Crippen molar-refractivity contribution in [1.29, 1.82) is 0 Å². The molecule has 10 heteroatoms. The number of rotatable bonds is 11. The molecule has 0 unspecified atom stereocenters. The van der Waals surface area contributed by atoms with Crippen LogP contribution in [0.5, 0.6) is 0 Å². The largest absolute Gasteiger partial charge is 0.416 e. The maximum absolute atomic E-state index is 13.0. The van der Waals surface area contributed by atoms with Crippen molar-refractivity contribution in [3.05, 3.63) is 29.8 Å². The smallest absolute Gasteiger partial charge is 0.343 e. The van der Waals surface area contributed by atoms with Crippen molar-refractivity contribution >= 4 is 17.5 Å². The average molecular weight is 472 g/mol. The minimum Gasteiger partial charge on any atom is -0.343 e. The molecule has 186 valence electrons. The number of nitrogens with two attached hydrogens (primary N) is 3. The number of anilines is 1. The molecule has 33 heavy (non-hydrogen) atoms. The number of amides is 2. The molecule has 1 aliphatic rings. The molecule has 1 fully saturated rings. The SMILES string of the molecule is NCC(CN)C[C@H](N)C(=O)N[C@@H](CCC1CCCCC1)C(=O)Nc1cccc(C(F)(F)F)c1. The third-order valence-electron chi connectivity index (χ3n) is 6.27. The second kappa shape index (κ2) is 12.9. The highest BCUT2D eigenvalue weighted by Gasteiger charge is 2.31. The lowest BCUT2D eigenvalue weighted by Gasteiger charge is -2.26. The summed E-state index contributed by atoms with van der Waals surface area (Å²) in [5.41, 5.74) is 16.4. The minimum absolute atomic E-state index is 0.0161. The normalized spacial score (nSPS) is 16.9. The van der Waals surface area contributed by atoms with Gasteiger partial charge in [-0.05, 0) is 62.4 Å². The molecule has 1 aromatic carbocycles. The highest BCUT2D eigenvalue weighted by Crippen LogP contribution is 2.31. The van der Waals surface area contributed by atoms with Crippen LogP contribution in [-0.2, 0) is 15.8 Å². The Balaban J connectivity index is 2.08. The molecule has 0 saturated heterocycles. The molecule has 0 bridgehead atoms. The van der Waals surface area contributed by atoms with Crippen molar-refractivity contribution in [1.82, 2.24) is 5.32 Å². The first-order valence-corrected chi connectivity index (χ1v) is 11.6. The fourth-order valence-electron chi connectivity index (χ4n) is 4.18. The Labute approximate surface area is 193 Å². The van der Waals surface area contributed by atoms with E-state index in [1.165, 1.54) is 18.6 Å². The van der Waals surface area contributed by atoms with Crippen LogP contribution in [0, 0.1) is 11.8 Å². The molecule has 0 radical (unpaired) electrons. The van der Waals surface area contributed by atoms with E-state index in [0.717, 1.165) is 44.2 Å². The Morgan fingerprint density at radius 2 is 1.73 bits per heavy atom. The number of benzene rings is 1. The van der Waals surface area contributed by atoms with Gasteiger partial charge in [0.1, 0.15) is 6.04 Å². The summed E-state index contributed by atoms with van der Waals surface area (Å²) >= 11 is 0. The van der Waals surface area contributed by atoms with Gasteiger partial charge in [-0.3, -0.25) is 9.59 Å². The fraction of sp³-hybridized carbons (Fsp3) is 0.652. The van der Waals surface area contributed by atoms with Crippen LogP contribution >= 0.6 is 0 Å². The van der Waals surface area contributed by atoms with Crippen molar-refractivity contribution in [2.24, 2.45) is 29.0 Å². The number of halogens is 3. The van der Waals surface area contributed by atoms with Crippen molar-refractivity contribution in [3.63, 3.8) is 0 Å². The summed E-state index contributed by atoms with van der Waals surface area (Å²) in [6.45, 7) is 0.581. The number of carbonyl (C=O) groups excluding carboxylic acids is 2. The van der Waals surface area contributed by atoms with Crippen LogP contribution in [0.1, 0.15) is 56.9 Å². The van der Waals surface area contributed by atoms with E-state index in [1.54, 1.807) is 0 Å². The molecule has 0 spiro atoms. The monoisotopic (exact) mass is 471 g/mol. The summed E-state index contributed by atoms with van der Waals surface area (Å²) in [6, 6.07) is 2.62. The molecule has 1 saturated carbocycles. The van der Waals surface area contributed by atoms with Gasteiger partial charge in [0, 0.05) is 5.69 Å². The molecule has 2 amide bonds. The third kappa shape index (κ3) is 8.94. The van der Waals surface area contributed by atoms with Crippen LogP contribution in [0.15, 0.2) is 24.3 Å². The van der Waals surface area contributed by atoms with Gasteiger partial charge in [-0.1, -0.05) is 38.2 Å². The molecular weight excluding hydrogens is 435 g/mol. The molecule has 0 aliphatic heterocycles. The summed E-state index contributed by atoms with van der Waals surface area (Å²) in [6.07, 6.45) is 2.51. The summed E-state index contributed by atoms with van der Waals surface area (Å²) in [7, 11) is 0. The van der Waals surface area contributed by atoms with Gasteiger partial charge >= 0.3 is 6.18 Å². The van der Waals surface area contributed by atoms with E-state index in [-0.39, 0.29) is 18.0 Å². The quantitative estimate of drug-likeness (QED) is 0.338. The van der Waals surface area contributed by atoms with E-state index in [9.17, 15) is 22.8 Å². The average Bonchev–Trinajstić information content (AvgIpc) is 2.80. The summed E-state index contributed by atoms with van der Waals surface area (Å²) in [4.78, 5) is 25.6. The van der Waals surface area contributed by atoms with Crippen molar-refractivity contribution in [2.45, 2.75) is 69.6 Å². The Morgan fingerprint density at radius 1 is 1.06 bits per heavy atom. The molecule has 8 N–H and O–H groups in total. The summed E-state index contributed by atoms with van der Waals surface area (Å²) < 4.78 is 39.0. The predicted octanol–water partition coefficient (Wildman–Crippen LogP) is 2.74. The Hall–Kier alpha value is -2.17. The van der Waals surface area contributed by atoms with Crippen molar-refractivity contribution in [3.8, 4) is 0 Å². The number of nitrogens with one attached hydrogen (secondary N) is 2. The summed E-state index contributed by atoms with van der Waals surface area (Å²) in [5, 5.41) is 5.21. The van der Waals surface area contributed by atoms with Gasteiger partial charge in [-0.15, -0.1) is 0 Å². The molecule has 2 rings (SSSR count). The highest BCUT2D eigenvalue weighted by molar-refractivity contribution is 5.97. The molecule has 7 nitrogen and oxygen atoms in total. The highest BCUT2D eigenvalue weighted by atomic mass is 19.4. The van der Waals surface area contributed by atoms with Gasteiger partial charge in [0.25, 0.3) is 0 Å². The zero-order valence-corrected chi connectivity index (χ0v) is 18.9. The number of hydrogen-bond acceptors (Lipinski definition) is 5.